The maximum Gasteiger partial charge on any atom is 0.0695 e. The van der Waals surface area contributed by atoms with Gasteiger partial charge in [0.15, 0.2) is 0 Å². The lowest BCUT2D eigenvalue weighted by Gasteiger charge is -2.43. The van der Waals surface area contributed by atoms with Crippen molar-refractivity contribution in [3.05, 3.63) is 0 Å². The first kappa shape index (κ1) is 16.3. The van der Waals surface area contributed by atoms with Gasteiger partial charge in [-0.05, 0) is 50.9 Å². The first-order chi connectivity index (χ1) is 9.67. The monoisotopic (exact) mass is 283 g/mol. The van der Waals surface area contributed by atoms with Crippen molar-refractivity contribution < 1.29 is 9.84 Å². The minimum atomic E-state index is -0.138. The molecule has 3 nitrogen and oxygen atoms in total. The zero-order chi connectivity index (χ0) is 14.5. The van der Waals surface area contributed by atoms with Crippen LogP contribution < -0.4 is 0 Å². The Labute approximate surface area is 124 Å². The Morgan fingerprint density at radius 1 is 1.25 bits per heavy atom. The van der Waals surface area contributed by atoms with E-state index in [0.717, 1.165) is 31.4 Å². The Morgan fingerprint density at radius 2 is 2.00 bits per heavy atom. The van der Waals surface area contributed by atoms with Crippen LogP contribution in [0.2, 0.25) is 0 Å². The van der Waals surface area contributed by atoms with Gasteiger partial charge in [-0.1, -0.05) is 19.8 Å². The van der Waals surface area contributed by atoms with E-state index in [1.807, 2.05) is 0 Å². The molecule has 118 valence electrons. The van der Waals surface area contributed by atoms with E-state index in [9.17, 15) is 5.11 Å². The van der Waals surface area contributed by atoms with Gasteiger partial charge in [-0.15, -0.1) is 0 Å². The van der Waals surface area contributed by atoms with E-state index >= 15 is 0 Å². The highest BCUT2D eigenvalue weighted by molar-refractivity contribution is 4.93. The molecule has 3 heteroatoms. The molecule has 0 bridgehead atoms. The molecule has 2 aliphatic carbocycles. The van der Waals surface area contributed by atoms with E-state index in [4.69, 9.17) is 4.74 Å². The van der Waals surface area contributed by atoms with E-state index in [-0.39, 0.29) is 6.10 Å². The summed E-state index contributed by atoms with van der Waals surface area (Å²) < 4.78 is 5.30. The van der Waals surface area contributed by atoms with Crippen molar-refractivity contribution in [2.24, 2.45) is 11.8 Å². The predicted octanol–water partition coefficient (Wildman–Crippen LogP) is 3.06. The lowest BCUT2D eigenvalue weighted by molar-refractivity contribution is -0.0276. The van der Waals surface area contributed by atoms with Gasteiger partial charge in [-0.25, -0.2) is 0 Å². The van der Waals surface area contributed by atoms with Gasteiger partial charge in [0.05, 0.1) is 12.7 Å². The van der Waals surface area contributed by atoms with Crippen LogP contribution >= 0.6 is 0 Å². The average molecular weight is 283 g/mol. The second-order valence-electron chi connectivity index (χ2n) is 6.91. The number of nitrogens with zero attached hydrogens (tertiary/aromatic N) is 1. The number of aliphatic hydroxyl groups excluding tert-OH is 1. The van der Waals surface area contributed by atoms with Crippen LogP contribution in [0.25, 0.3) is 0 Å². The number of ether oxygens (including phenoxy) is 1. The molecule has 2 aliphatic rings. The summed E-state index contributed by atoms with van der Waals surface area (Å²) in [5.74, 6) is 1.66. The van der Waals surface area contributed by atoms with Gasteiger partial charge >= 0.3 is 0 Å². The number of hydrogen-bond acceptors (Lipinski definition) is 3. The van der Waals surface area contributed by atoms with Crippen molar-refractivity contribution >= 4 is 0 Å². The van der Waals surface area contributed by atoms with Gasteiger partial charge in [-0.3, -0.25) is 4.90 Å². The highest BCUT2D eigenvalue weighted by Crippen LogP contribution is 2.39. The van der Waals surface area contributed by atoms with Crippen molar-refractivity contribution in [2.45, 2.75) is 77.0 Å². The fraction of sp³-hybridized carbons (Fsp3) is 1.00. The molecule has 0 aliphatic heterocycles. The molecule has 2 saturated carbocycles. The third-order valence-electron chi connectivity index (χ3n) is 5.39. The first-order valence-corrected chi connectivity index (χ1v) is 8.60. The summed E-state index contributed by atoms with van der Waals surface area (Å²) in [6, 6.07) is 0.955. The third kappa shape index (κ3) is 4.19. The Kier molecular flexibility index (Phi) is 6.31. The summed E-state index contributed by atoms with van der Waals surface area (Å²) in [5.41, 5.74) is 0. The van der Waals surface area contributed by atoms with Crippen LogP contribution in [0.3, 0.4) is 0 Å². The number of rotatable bonds is 8. The quantitative estimate of drug-likeness (QED) is 0.743. The van der Waals surface area contributed by atoms with Crippen LogP contribution in [0.15, 0.2) is 0 Å². The van der Waals surface area contributed by atoms with E-state index in [1.165, 1.54) is 38.5 Å². The lowest BCUT2D eigenvalue weighted by Crippen LogP contribution is -2.52. The molecular weight excluding hydrogens is 250 g/mol. The average Bonchev–Trinajstić information content (AvgIpc) is 3.27. The minimum Gasteiger partial charge on any atom is -0.391 e. The molecule has 1 N–H and O–H groups in total. The fourth-order valence-corrected chi connectivity index (χ4v) is 3.96. The zero-order valence-electron chi connectivity index (χ0n) is 13.6. The molecule has 0 aromatic rings. The molecular formula is C17H33NO2. The van der Waals surface area contributed by atoms with Crippen LogP contribution in [0.1, 0.15) is 58.8 Å². The summed E-state index contributed by atoms with van der Waals surface area (Å²) in [7, 11) is 1.77. The number of aliphatic hydroxyl groups is 1. The second-order valence-corrected chi connectivity index (χ2v) is 6.91. The normalized spacial score (nSPS) is 32.5. The standard InChI is InChI=1S/C17H33NO2/c1-4-5-14-6-9-17(19)16(12-14)18(10-11-20-3)13(2)15-7-8-15/h13-17,19H,4-12H2,1-3H3. The van der Waals surface area contributed by atoms with Gasteiger partial charge in [0.1, 0.15) is 0 Å². The maximum atomic E-state index is 10.5. The van der Waals surface area contributed by atoms with Crippen molar-refractivity contribution in [2.75, 3.05) is 20.3 Å². The van der Waals surface area contributed by atoms with Crippen molar-refractivity contribution in [1.82, 2.24) is 4.90 Å². The molecule has 0 aromatic heterocycles. The van der Waals surface area contributed by atoms with E-state index < -0.39 is 0 Å². The first-order valence-electron chi connectivity index (χ1n) is 8.60. The highest BCUT2D eigenvalue weighted by Gasteiger charge is 2.39. The van der Waals surface area contributed by atoms with Gasteiger partial charge in [0.2, 0.25) is 0 Å². The maximum absolute atomic E-state index is 10.5. The molecule has 4 unspecified atom stereocenters. The SMILES string of the molecule is CCCC1CCC(O)C(N(CCOC)C(C)C2CC2)C1. The molecule has 0 saturated heterocycles. The van der Waals surface area contributed by atoms with Gasteiger partial charge < -0.3 is 9.84 Å². The molecule has 0 heterocycles. The number of hydrogen-bond donors (Lipinski definition) is 1. The minimum absolute atomic E-state index is 0.138. The molecule has 20 heavy (non-hydrogen) atoms. The van der Waals surface area contributed by atoms with E-state index in [1.54, 1.807) is 7.11 Å². The van der Waals surface area contributed by atoms with Crippen molar-refractivity contribution in [3.8, 4) is 0 Å². The van der Waals surface area contributed by atoms with E-state index in [0.29, 0.717) is 12.1 Å². The van der Waals surface area contributed by atoms with Crippen LogP contribution in [0.4, 0.5) is 0 Å². The Bertz CT molecular complexity index is 280. The van der Waals surface area contributed by atoms with Crippen LogP contribution in [0.5, 0.6) is 0 Å². The topological polar surface area (TPSA) is 32.7 Å². The molecule has 4 atom stereocenters. The molecule has 2 rings (SSSR count). The molecule has 2 fully saturated rings. The van der Waals surface area contributed by atoms with Gasteiger partial charge in [0.25, 0.3) is 0 Å². The smallest absolute Gasteiger partial charge is 0.0695 e. The summed E-state index contributed by atoms with van der Waals surface area (Å²) in [4.78, 5) is 2.56. The summed E-state index contributed by atoms with van der Waals surface area (Å²) in [6.07, 6.45) is 8.55. The molecule has 0 amide bonds. The zero-order valence-corrected chi connectivity index (χ0v) is 13.6. The summed E-state index contributed by atoms with van der Waals surface area (Å²) in [6.45, 7) is 6.37. The molecule has 0 radical (unpaired) electrons. The van der Waals surface area contributed by atoms with Crippen LogP contribution in [-0.4, -0.2) is 48.5 Å². The van der Waals surface area contributed by atoms with Crippen molar-refractivity contribution in [3.63, 3.8) is 0 Å². The molecule has 0 aromatic carbocycles. The lowest BCUT2D eigenvalue weighted by atomic mass is 9.80. The number of methoxy groups -OCH3 is 1. The largest absolute Gasteiger partial charge is 0.391 e. The Hall–Kier alpha value is -0.120. The second kappa shape index (κ2) is 7.77. The van der Waals surface area contributed by atoms with Gasteiger partial charge in [0, 0.05) is 25.7 Å². The van der Waals surface area contributed by atoms with E-state index in [2.05, 4.69) is 18.7 Å². The highest BCUT2D eigenvalue weighted by atomic mass is 16.5. The third-order valence-corrected chi connectivity index (χ3v) is 5.39. The molecule has 0 spiro atoms. The Morgan fingerprint density at radius 3 is 2.60 bits per heavy atom. The summed E-state index contributed by atoms with van der Waals surface area (Å²) in [5, 5.41) is 10.5. The van der Waals surface area contributed by atoms with Crippen LogP contribution in [-0.2, 0) is 4.74 Å². The van der Waals surface area contributed by atoms with Gasteiger partial charge in [-0.2, -0.15) is 0 Å². The van der Waals surface area contributed by atoms with Crippen LogP contribution in [0, 0.1) is 11.8 Å². The fourth-order valence-electron chi connectivity index (χ4n) is 3.96. The Balaban J connectivity index is 1.99. The summed E-state index contributed by atoms with van der Waals surface area (Å²) >= 11 is 0. The van der Waals surface area contributed by atoms with Crippen molar-refractivity contribution in [1.29, 1.82) is 0 Å². The predicted molar refractivity (Wildman–Crippen MR) is 82.8 cm³/mol.